The Labute approximate surface area is 120 Å². The van der Waals surface area contributed by atoms with Crippen LogP contribution in [0, 0.1) is 5.82 Å². The van der Waals surface area contributed by atoms with Crippen LogP contribution in [-0.4, -0.2) is 21.9 Å². The molecular weight excluding hydrogens is 273 g/mol. The van der Waals surface area contributed by atoms with Crippen molar-refractivity contribution < 1.29 is 13.9 Å². The van der Waals surface area contributed by atoms with Crippen molar-refractivity contribution in [1.29, 1.82) is 0 Å². The monoisotopic (exact) mass is 285 g/mol. The highest BCUT2D eigenvalue weighted by Gasteiger charge is 2.09. The van der Waals surface area contributed by atoms with Crippen LogP contribution >= 0.6 is 0 Å². The van der Waals surface area contributed by atoms with Crippen molar-refractivity contribution in [2.24, 2.45) is 0 Å². The number of nitrogens with zero attached hydrogens (tertiary/aromatic N) is 2. The predicted octanol–water partition coefficient (Wildman–Crippen LogP) is 2.49. The van der Waals surface area contributed by atoms with Crippen LogP contribution in [0.25, 0.3) is 5.65 Å². The first-order valence-electron chi connectivity index (χ1n) is 6.33. The number of imidazole rings is 1. The number of halogens is 1. The number of hydrogen-bond donors (Lipinski definition) is 1. The molecule has 0 aliphatic heterocycles. The van der Waals surface area contributed by atoms with Gasteiger partial charge in [0, 0.05) is 18.6 Å². The van der Waals surface area contributed by atoms with E-state index in [9.17, 15) is 9.18 Å². The lowest BCUT2D eigenvalue weighted by Crippen LogP contribution is -2.20. The Morgan fingerprint density at radius 2 is 2.10 bits per heavy atom. The average molecular weight is 285 g/mol. The molecule has 2 aromatic heterocycles. The minimum atomic E-state index is -0.499. The van der Waals surface area contributed by atoms with Crippen LogP contribution in [0.2, 0.25) is 0 Å². The van der Waals surface area contributed by atoms with E-state index in [0.717, 1.165) is 0 Å². The summed E-state index contributed by atoms with van der Waals surface area (Å²) in [6, 6.07) is 9.48. The topological polar surface area (TPSA) is 55.6 Å². The number of para-hydroxylation sites is 1. The van der Waals surface area contributed by atoms with E-state index in [1.807, 2.05) is 6.20 Å². The van der Waals surface area contributed by atoms with E-state index in [-0.39, 0.29) is 18.3 Å². The average Bonchev–Trinajstić information content (AvgIpc) is 2.96. The van der Waals surface area contributed by atoms with Crippen LogP contribution in [0.15, 0.2) is 55.0 Å². The van der Waals surface area contributed by atoms with Gasteiger partial charge in [0.05, 0.1) is 5.69 Å². The summed E-state index contributed by atoms with van der Waals surface area (Å²) in [5.41, 5.74) is 1.21. The number of carbonyl (C=O) groups excluding carboxylic acids is 1. The molecule has 0 spiro atoms. The summed E-state index contributed by atoms with van der Waals surface area (Å²) in [5, 5.41) is 2.69. The van der Waals surface area contributed by atoms with Gasteiger partial charge in [-0.05, 0) is 24.3 Å². The Bertz CT molecular complexity index is 785. The van der Waals surface area contributed by atoms with Gasteiger partial charge in [0.2, 0.25) is 0 Å². The molecule has 1 aromatic carbocycles. The molecule has 3 rings (SSSR count). The molecule has 0 atom stereocenters. The third kappa shape index (κ3) is 2.84. The Morgan fingerprint density at radius 1 is 1.24 bits per heavy atom. The summed E-state index contributed by atoms with van der Waals surface area (Å²) in [7, 11) is 0. The zero-order chi connectivity index (χ0) is 14.7. The van der Waals surface area contributed by atoms with Gasteiger partial charge in [-0.2, -0.15) is 0 Å². The molecule has 0 saturated heterocycles. The van der Waals surface area contributed by atoms with Crippen LogP contribution in [0.1, 0.15) is 0 Å². The molecule has 106 valence electrons. The molecule has 6 heteroatoms. The van der Waals surface area contributed by atoms with Gasteiger partial charge < -0.3 is 14.5 Å². The molecule has 0 aliphatic rings. The maximum Gasteiger partial charge on any atom is 0.262 e. The van der Waals surface area contributed by atoms with Crippen molar-refractivity contribution in [3.8, 4) is 5.75 Å². The molecule has 0 fully saturated rings. The molecular formula is C15H12FN3O2. The molecule has 1 N–H and O–H groups in total. The molecule has 0 unspecified atom stereocenters. The quantitative estimate of drug-likeness (QED) is 0.801. The minimum Gasteiger partial charge on any atom is -0.481 e. The number of nitrogens with one attached hydrogen (secondary N) is 1. The van der Waals surface area contributed by atoms with Gasteiger partial charge in [0.25, 0.3) is 5.91 Å². The zero-order valence-corrected chi connectivity index (χ0v) is 11.0. The molecule has 0 aliphatic carbocycles. The third-order valence-electron chi connectivity index (χ3n) is 2.89. The van der Waals surface area contributed by atoms with E-state index >= 15 is 0 Å². The lowest BCUT2D eigenvalue weighted by Gasteiger charge is -2.08. The number of rotatable bonds is 4. The fraction of sp³-hybridized carbons (Fsp3) is 0.0667. The standard InChI is InChI=1S/C15H12FN3O2/c16-11-4-1-2-6-13(11)21-10-14(20)18-12-5-3-8-19-9-7-17-15(12)19/h1-9H,10H2,(H,18,20). The second-order valence-electron chi connectivity index (χ2n) is 4.35. The normalized spacial score (nSPS) is 10.5. The SMILES string of the molecule is O=C(COc1ccccc1F)Nc1cccn2ccnc12. The van der Waals surface area contributed by atoms with Gasteiger partial charge in [0.15, 0.2) is 23.8 Å². The number of anilines is 1. The number of aromatic nitrogens is 2. The number of hydrogen-bond acceptors (Lipinski definition) is 3. The van der Waals surface area contributed by atoms with E-state index in [4.69, 9.17) is 4.74 Å². The lowest BCUT2D eigenvalue weighted by molar-refractivity contribution is -0.118. The Hall–Kier alpha value is -2.89. The van der Waals surface area contributed by atoms with Crippen molar-refractivity contribution in [3.63, 3.8) is 0 Å². The second-order valence-corrected chi connectivity index (χ2v) is 4.35. The summed E-state index contributed by atoms with van der Waals surface area (Å²) in [5.74, 6) is -0.832. The van der Waals surface area contributed by atoms with Gasteiger partial charge in [-0.15, -0.1) is 0 Å². The van der Waals surface area contributed by atoms with Crippen molar-refractivity contribution in [2.75, 3.05) is 11.9 Å². The van der Waals surface area contributed by atoms with E-state index < -0.39 is 5.82 Å². The second kappa shape index (κ2) is 5.62. The maximum atomic E-state index is 13.4. The zero-order valence-electron chi connectivity index (χ0n) is 11.0. The third-order valence-corrected chi connectivity index (χ3v) is 2.89. The van der Waals surface area contributed by atoms with Gasteiger partial charge in [0.1, 0.15) is 0 Å². The molecule has 3 aromatic rings. The number of carbonyl (C=O) groups is 1. The van der Waals surface area contributed by atoms with Crippen LogP contribution in [0.5, 0.6) is 5.75 Å². The highest BCUT2D eigenvalue weighted by molar-refractivity contribution is 5.95. The highest BCUT2D eigenvalue weighted by atomic mass is 19.1. The fourth-order valence-electron chi connectivity index (χ4n) is 1.94. The maximum absolute atomic E-state index is 13.4. The van der Waals surface area contributed by atoms with E-state index in [1.165, 1.54) is 12.1 Å². The predicted molar refractivity (Wildman–Crippen MR) is 75.7 cm³/mol. The summed E-state index contributed by atoms with van der Waals surface area (Å²) < 4.78 is 20.3. The molecule has 21 heavy (non-hydrogen) atoms. The largest absolute Gasteiger partial charge is 0.481 e. The Balaban J connectivity index is 1.67. The molecule has 1 amide bonds. The van der Waals surface area contributed by atoms with Gasteiger partial charge >= 0.3 is 0 Å². The first-order valence-corrected chi connectivity index (χ1v) is 6.33. The Morgan fingerprint density at radius 3 is 2.95 bits per heavy atom. The van der Waals surface area contributed by atoms with Crippen molar-refractivity contribution in [1.82, 2.24) is 9.38 Å². The van der Waals surface area contributed by atoms with E-state index in [1.54, 1.807) is 41.1 Å². The van der Waals surface area contributed by atoms with Gasteiger partial charge in [-0.25, -0.2) is 9.37 Å². The molecule has 5 nitrogen and oxygen atoms in total. The fourth-order valence-corrected chi connectivity index (χ4v) is 1.94. The number of ether oxygens (including phenoxy) is 1. The van der Waals surface area contributed by atoms with Crippen molar-refractivity contribution >= 4 is 17.2 Å². The number of fused-ring (bicyclic) bond motifs is 1. The van der Waals surface area contributed by atoms with E-state index in [0.29, 0.717) is 11.3 Å². The first-order chi connectivity index (χ1) is 10.2. The Kier molecular flexibility index (Phi) is 3.51. The molecule has 0 bridgehead atoms. The van der Waals surface area contributed by atoms with Gasteiger partial charge in [-0.1, -0.05) is 12.1 Å². The van der Waals surface area contributed by atoms with Crippen LogP contribution in [0.4, 0.5) is 10.1 Å². The number of benzene rings is 1. The lowest BCUT2D eigenvalue weighted by atomic mass is 10.3. The van der Waals surface area contributed by atoms with Crippen LogP contribution < -0.4 is 10.1 Å². The molecule has 0 saturated carbocycles. The summed E-state index contributed by atoms with van der Waals surface area (Å²) in [6.07, 6.45) is 5.25. The highest BCUT2D eigenvalue weighted by Crippen LogP contribution is 2.16. The van der Waals surface area contributed by atoms with Crippen LogP contribution in [0.3, 0.4) is 0 Å². The molecule has 2 heterocycles. The smallest absolute Gasteiger partial charge is 0.262 e. The van der Waals surface area contributed by atoms with Crippen LogP contribution in [-0.2, 0) is 4.79 Å². The summed E-state index contributed by atoms with van der Waals surface area (Å²) >= 11 is 0. The molecule has 0 radical (unpaired) electrons. The minimum absolute atomic E-state index is 0.0478. The van der Waals surface area contributed by atoms with Gasteiger partial charge in [-0.3, -0.25) is 4.79 Å². The van der Waals surface area contributed by atoms with Crippen molar-refractivity contribution in [2.45, 2.75) is 0 Å². The number of amides is 1. The first kappa shape index (κ1) is 13.1. The van der Waals surface area contributed by atoms with Crippen molar-refractivity contribution in [3.05, 3.63) is 60.8 Å². The van der Waals surface area contributed by atoms with E-state index in [2.05, 4.69) is 10.3 Å². The summed E-state index contributed by atoms with van der Waals surface area (Å²) in [4.78, 5) is 16.0. The summed E-state index contributed by atoms with van der Waals surface area (Å²) in [6.45, 7) is -0.275. The number of pyridine rings is 1.